The zero-order chi connectivity index (χ0) is 22.8. The third-order valence-electron chi connectivity index (χ3n) is 5.43. The van der Waals surface area contributed by atoms with E-state index < -0.39 is 29.1 Å². The Kier molecular flexibility index (Phi) is 6.05. The number of anilines is 1. The molecule has 0 fully saturated rings. The Bertz CT molecular complexity index is 1210. The van der Waals surface area contributed by atoms with Gasteiger partial charge in [-0.25, -0.2) is 18.2 Å². The van der Waals surface area contributed by atoms with E-state index >= 15 is 0 Å². The lowest BCUT2D eigenvalue weighted by Gasteiger charge is -2.27. The molecule has 8 heteroatoms. The minimum Gasteiger partial charge on any atom is -0.324 e. The van der Waals surface area contributed by atoms with Crippen LogP contribution in [0.3, 0.4) is 0 Å². The average molecular weight is 438 g/mol. The van der Waals surface area contributed by atoms with Crippen molar-refractivity contribution in [3.8, 4) is 11.3 Å². The zero-order valence-corrected chi connectivity index (χ0v) is 17.3. The molecule has 0 aliphatic heterocycles. The molecule has 0 saturated carbocycles. The van der Waals surface area contributed by atoms with Gasteiger partial charge in [0.2, 0.25) is 0 Å². The van der Waals surface area contributed by atoms with Gasteiger partial charge in [0.15, 0.2) is 0 Å². The van der Waals surface area contributed by atoms with E-state index in [9.17, 15) is 18.0 Å². The number of allylic oxidation sites excluding steroid dienone is 1. The van der Waals surface area contributed by atoms with E-state index in [-0.39, 0.29) is 23.2 Å². The van der Waals surface area contributed by atoms with E-state index in [1.165, 1.54) is 17.8 Å². The van der Waals surface area contributed by atoms with E-state index in [2.05, 4.69) is 15.3 Å². The minimum absolute atomic E-state index is 0.0760. The number of amides is 1. The van der Waals surface area contributed by atoms with Gasteiger partial charge in [0.1, 0.15) is 28.8 Å². The molecule has 1 aromatic carbocycles. The molecule has 5 nitrogen and oxygen atoms in total. The highest BCUT2D eigenvalue weighted by Gasteiger charge is 2.24. The average Bonchev–Trinajstić information content (AvgIpc) is 2.75. The van der Waals surface area contributed by atoms with Crippen LogP contribution in [0.2, 0.25) is 0 Å². The molecule has 2 heterocycles. The number of nitrogens with one attached hydrogen (secondary N) is 1. The highest BCUT2D eigenvalue weighted by atomic mass is 19.1. The number of halogens is 3. The van der Waals surface area contributed by atoms with Gasteiger partial charge in [-0.05, 0) is 67.6 Å². The van der Waals surface area contributed by atoms with Crippen LogP contribution >= 0.6 is 0 Å². The van der Waals surface area contributed by atoms with Gasteiger partial charge >= 0.3 is 0 Å². The molecule has 0 bridgehead atoms. The van der Waals surface area contributed by atoms with E-state index in [1.807, 2.05) is 19.1 Å². The summed E-state index contributed by atoms with van der Waals surface area (Å²) in [6.45, 7) is 2.01. The smallest absolute Gasteiger partial charge is 0.274 e. The van der Waals surface area contributed by atoms with Gasteiger partial charge in [-0.2, -0.15) is 0 Å². The number of rotatable bonds is 4. The second-order valence-corrected chi connectivity index (χ2v) is 7.88. The molecule has 0 unspecified atom stereocenters. The first-order valence-electron chi connectivity index (χ1n) is 10.1. The highest BCUT2D eigenvalue weighted by Crippen LogP contribution is 2.36. The maximum absolute atomic E-state index is 14.3. The molecule has 2 atom stereocenters. The summed E-state index contributed by atoms with van der Waals surface area (Å²) < 4.78 is 42.0. The monoisotopic (exact) mass is 438 g/mol. The third kappa shape index (κ3) is 4.55. The summed E-state index contributed by atoms with van der Waals surface area (Å²) in [6.07, 6.45) is 6.74. The van der Waals surface area contributed by atoms with E-state index in [4.69, 9.17) is 5.73 Å². The summed E-state index contributed by atoms with van der Waals surface area (Å²) in [6, 6.07) is 6.58. The number of hydrogen-bond donors (Lipinski definition) is 2. The van der Waals surface area contributed by atoms with Crippen LogP contribution < -0.4 is 11.1 Å². The second kappa shape index (κ2) is 8.92. The Hall–Kier alpha value is -3.52. The molecule has 2 aromatic heterocycles. The molecule has 0 spiro atoms. The van der Waals surface area contributed by atoms with Crippen LogP contribution in [0, 0.1) is 17.5 Å². The Labute approximate surface area is 183 Å². The number of carbonyl (C=O) groups excluding carboxylic acids is 1. The highest BCUT2D eigenvalue weighted by molar-refractivity contribution is 6.03. The normalized spacial score (nSPS) is 18.2. The van der Waals surface area contributed by atoms with E-state index in [1.54, 1.807) is 6.20 Å². The van der Waals surface area contributed by atoms with Crippen LogP contribution in [0.1, 0.15) is 41.7 Å². The van der Waals surface area contributed by atoms with Crippen LogP contribution in [-0.4, -0.2) is 21.9 Å². The lowest BCUT2D eigenvalue weighted by Crippen LogP contribution is -2.25. The lowest BCUT2D eigenvalue weighted by molar-refractivity contribution is 0.102. The zero-order valence-electron chi connectivity index (χ0n) is 17.3. The van der Waals surface area contributed by atoms with Gasteiger partial charge in [0.05, 0.1) is 11.9 Å². The largest absolute Gasteiger partial charge is 0.324 e. The quantitative estimate of drug-likeness (QED) is 0.564. The summed E-state index contributed by atoms with van der Waals surface area (Å²) in [5.74, 6) is -2.97. The fourth-order valence-corrected chi connectivity index (χ4v) is 4.03. The maximum Gasteiger partial charge on any atom is 0.274 e. The van der Waals surface area contributed by atoms with Crippen LogP contribution in [0.25, 0.3) is 11.3 Å². The molecule has 3 aromatic rings. The Balaban J connectivity index is 1.64. The maximum atomic E-state index is 14.3. The Morgan fingerprint density at radius 2 is 1.91 bits per heavy atom. The molecule has 1 aliphatic carbocycles. The van der Waals surface area contributed by atoms with Crippen LogP contribution in [-0.2, 0) is 0 Å². The second-order valence-electron chi connectivity index (χ2n) is 7.88. The molecule has 164 valence electrons. The van der Waals surface area contributed by atoms with Gasteiger partial charge in [-0.3, -0.25) is 9.78 Å². The summed E-state index contributed by atoms with van der Waals surface area (Å²) in [5.41, 5.74) is 7.72. The summed E-state index contributed by atoms with van der Waals surface area (Å²) >= 11 is 0. The van der Waals surface area contributed by atoms with Crippen molar-refractivity contribution in [1.82, 2.24) is 9.97 Å². The van der Waals surface area contributed by atoms with Crippen molar-refractivity contribution in [2.75, 3.05) is 5.32 Å². The first kappa shape index (κ1) is 21.7. The molecular formula is C24H21F3N4O. The summed E-state index contributed by atoms with van der Waals surface area (Å²) in [5, 5.41) is 2.76. The summed E-state index contributed by atoms with van der Waals surface area (Å²) in [4.78, 5) is 21.0. The van der Waals surface area contributed by atoms with Gasteiger partial charge in [-0.15, -0.1) is 0 Å². The Morgan fingerprint density at radius 3 is 2.69 bits per heavy atom. The van der Waals surface area contributed by atoms with Crippen LogP contribution in [0.5, 0.6) is 0 Å². The molecule has 1 aliphatic rings. The fourth-order valence-electron chi connectivity index (χ4n) is 4.03. The SMILES string of the molecule is CC1=C[C@H](N)C[C@H](c2ccncc2NC(=O)c2ccc(F)c(-c3cc(F)ccc3F)n2)C1. The van der Waals surface area contributed by atoms with Gasteiger partial charge in [0.25, 0.3) is 5.91 Å². The molecule has 1 amide bonds. The van der Waals surface area contributed by atoms with Gasteiger partial charge in [-0.1, -0.05) is 11.6 Å². The first-order valence-corrected chi connectivity index (χ1v) is 10.1. The molecule has 0 radical (unpaired) electrons. The Morgan fingerprint density at radius 1 is 1.12 bits per heavy atom. The predicted molar refractivity (Wildman–Crippen MR) is 115 cm³/mol. The van der Waals surface area contributed by atoms with Crippen LogP contribution in [0.4, 0.5) is 18.9 Å². The third-order valence-corrected chi connectivity index (χ3v) is 5.43. The molecule has 0 saturated heterocycles. The van der Waals surface area contributed by atoms with Crippen molar-refractivity contribution >= 4 is 11.6 Å². The number of nitrogens with two attached hydrogens (primary N) is 1. The number of carbonyl (C=O) groups is 1. The summed E-state index contributed by atoms with van der Waals surface area (Å²) in [7, 11) is 0. The van der Waals surface area contributed by atoms with Crippen molar-refractivity contribution in [3.05, 3.63) is 89.2 Å². The lowest BCUT2D eigenvalue weighted by atomic mass is 9.82. The number of aromatic nitrogens is 2. The number of hydrogen-bond acceptors (Lipinski definition) is 4. The number of nitrogens with zero attached hydrogens (tertiary/aromatic N) is 2. The van der Waals surface area contributed by atoms with Gasteiger partial charge < -0.3 is 11.1 Å². The fraction of sp³-hybridized carbons (Fsp3) is 0.208. The van der Waals surface area contributed by atoms with E-state index in [0.717, 1.165) is 42.7 Å². The number of pyridine rings is 2. The molecule has 3 N–H and O–H groups in total. The topological polar surface area (TPSA) is 80.9 Å². The standard InChI is InChI=1S/C24H21F3N4O/c1-13-8-14(10-16(28)9-13)17-6-7-29-12-22(17)31-24(32)21-5-4-20(27)23(30-21)18-11-15(25)2-3-19(18)26/h2-7,9,11-12,14,16H,8,10,28H2,1H3,(H,31,32)/t14-,16+/m1/s1. The van der Waals surface area contributed by atoms with Crippen molar-refractivity contribution < 1.29 is 18.0 Å². The number of benzene rings is 1. The van der Waals surface area contributed by atoms with Crippen molar-refractivity contribution in [2.45, 2.75) is 31.7 Å². The van der Waals surface area contributed by atoms with E-state index in [0.29, 0.717) is 5.69 Å². The van der Waals surface area contributed by atoms with Crippen molar-refractivity contribution in [1.29, 1.82) is 0 Å². The van der Waals surface area contributed by atoms with Crippen LogP contribution in [0.15, 0.2) is 60.4 Å². The van der Waals surface area contributed by atoms with Gasteiger partial charge in [0, 0.05) is 17.8 Å². The molecule has 32 heavy (non-hydrogen) atoms. The molecule has 4 rings (SSSR count). The minimum atomic E-state index is -0.869. The predicted octanol–water partition coefficient (Wildman–Crippen LogP) is 4.96. The van der Waals surface area contributed by atoms with Crippen molar-refractivity contribution in [3.63, 3.8) is 0 Å². The first-order chi connectivity index (χ1) is 15.3. The molecular weight excluding hydrogens is 417 g/mol. The van der Waals surface area contributed by atoms with Crippen molar-refractivity contribution in [2.24, 2.45) is 5.73 Å².